The van der Waals surface area contributed by atoms with Crippen LogP contribution in [0.15, 0.2) is 16.5 Å². The maximum atomic E-state index is 10.4. The van der Waals surface area contributed by atoms with E-state index in [1.165, 1.54) is 12.8 Å². The van der Waals surface area contributed by atoms with Gasteiger partial charge in [0.05, 0.1) is 0 Å². The molecule has 1 N–H and O–H groups in total. The molecule has 0 saturated carbocycles. The topological polar surface area (TPSA) is 86.0 Å². The summed E-state index contributed by atoms with van der Waals surface area (Å²) in [5, 5.41) is 0. The average molecular weight is 292 g/mol. The number of ether oxygens (including phenoxy) is 1. The van der Waals surface area contributed by atoms with E-state index in [-0.39, 0.29) is 6.61 Å². The summed E-state index contributed by atoms with van der Waals surface area (Å²) in [6.45, 7) is 2.85. The van der Waals surface area contributed by atoms with Crippen molar-refractivity contribution >= 4 is 10.4 Å². The average Bonchev–Trinajstić information content (AvgIpc) is 2.78. The number of hydrogen-bond acceptors (Lipinski definition) is 5. The van der Waals surface area contributed by atoms with Crippen LogP contribution in [0.25, 0.3) is 0 Å². The van der Waals surface area contributed by atoms with E-state index in [2.05, 4.69) is 11.1 Å². The second-order valence-electron chi connectivity index (χ2n) is 4.17. The van der Waals surface area contributed by atoms with E-state index in [9.17, 15) is 8.42 Å². The predicted octanol–water partition coefficient (Wildman–Crippen LogP) is 2.70. The van der Waals surface area contributed by atoms with Crippen LogP contribution in [0.5, 0.6) is 0 Å². The molecule has 0 saturated heterocycles. The summed E-state index contributed by atoms with van der Waals surface area (Å²) in [4.78, 5) is 0. The second kappa shape index (κ2) is 8.31. The van der Waals surface area contributed by atoms with Crippen molar-refractivity contribution in [2.24, 2.45) is 0 Å². The molecule has 0 fully saturated rings. The largest absolute Gasteiger partial charge is 0.461 e. The third kappa shape index (κ3) is 7.99. The first-order chi connectivity index (χ1) is 9.01. The van der Waals surface area contributed by atoms with Crippen molar-refractivity contribution in [1.82, 2.24) is 0 Å². The highest BCUT2D eigenvalue weighted by Crippen LogP contribution is 2.11. The molecule has 1 aromatic heterocycles. The monoisotopic (exact) mass is 292 g/mol. The van der Waals surface area contributed by atoms with E-state index in [4.69, 9.17) is 13.7 Å². The number of furan rings is 1. The molecule has 0 aliphatic carbocycles. The fraction of sp³-hybridized carbons (Fsp3) is 0.667. The Kier molecular flexibility index (Phi) is 7.07. The van der Waals surface area contributed by atoms with E-state index in [0.29, 0.717) is 24.7 Å². The van der Waals surface area contributed by atoms with Gasteiger partial charge in [-0.15, -0.1) is 0 Å². The standard InChI is InChI=1S/C12H20O6S/c1-2-3-4-5-8-16-9-11-6-7-12(18-11)10-17-19(13,14)15/h6-7H,2-5,8-10H2,1H3,(H,13,14,15). The first kappa shape index (κ1) is 16.2. The third-order valence-corrected chi connectivity index (χ3v) is 2.87. The Labute approximate surface area is 113 Å². The molecule has 0 radical (unpaired) electrons. The van der Waals surface area contributed by atoms with Crippen molar-refractivity contribution < 1.29 is 26.3 Å². The molecule has 1 rings (SSSR count). The SMILES string of the molecule is CCCCCCOCc1ccc(COS(=O)(=O)O)o1. The third-order valence-electron chi connectivity index (χ3n) is 2.45. The van der Waals surface area contributed by atoms with Crippen molar-refractivity contribution in [2.45, 2.75) is 45.8 Å². The van der Waals surface area contributed by atoms with Crippen LogP contribution >= 0.6 is 0 Å². The van der Waals surface area contributed by atoms with Gasteiger partial charge in [-0.05, 0) is 18.6 Å². The van der Waals surface area contributed by atoms with Crippen LogP contribution < -0.4 is 0 Å². The van der Waals surface area contributed by atoms with Gasteiger partial charge in [0.2, 0.25) is 0 Å². The Morgan fingerprint density at radius 3 is 2.47 bits per heavy atom. The fourth-order valence-electron chi connectivity index (χ4n) is 1.51. The van der Waals surface area contributed by atoms with Gasteiger partial charge in [-0.25, -0.2) is 4.18 Å². The molecule has 110 valence electrons. The van der Waals surface area contributed by atoms with Crippen LogP contribution in [0.2, 0.25) is 0 Å². The molecule has 6 nitrogen and oxygen atoms in total. The molecule has 0 aliphatic rings. The highest BCUT2D eigenvalue weighted by Gasteiger charge is 2.08. The lowest BCUT2D eigenvalue weighted by Gasteiger charge is -2.01. The zero-order valence-electron chi connectivity index (χ0n) is 11.0. The molecule has 7 heteroatoms. The summed E-state index contributed by atoms with van der Waals surface area (Å²) < 4.78 is 44.1. The Hall–Kier alpha value is -0.890. The lowest BCUT2D eigenvalue weighted by Crippen LogP contribution is -2.02. The quantitative estimate of drug-likeness (QED) is 0.527. The number of rotatable bonds is 10. The van der Waals surface area contributed by atoms with Gasteiger partial charge in [-0.3, -0.25) is 4.55 Å². The Morgan fingerprint density at radius 2 is 1.84 bits per heavy atom. The van der Waals surface area contributed by atoms with Crippen LogP contribution in [0, 0.1) is 0 Å². The van der Waals surface area contributed by atoms with Gasteiger partial charge in [0.1, 0.15) is 24.7 Å². The summed E-state index contributed by atoms with van der Waals surface area (Å²) in [6.07, 6.45) is 4.58. The second-order valence-corrected chi connectivity index (χ2v) is 5.26. The van der Waals surface area contributed by atoms with Gasteiger partial charge in [0.25, 0.3) is 0 Å². The summed E-state index contributed by atoms with van der Waals surface area (Å²) in [5.74, 6) is 0.923. The minimum absolute atomic E-state index is 0.321. The summed E-state index contributed by atoms with van der Waals surface area (Å²) in [6, 6.07) is 3.27. The van der Waals surface area contributed by atoms with Gasteiger partial charge < -0.3 is 9.15 Å². The molecule has 19 heavy (non-hydrogen) atoms. The van der Waals surface area contributed by atoms with Crippen LogP contribution in [0.1, 0.15) is 44.1 Å². The Balaban J connectivity index is 2.20. The normalized spacial score (nSPS) is 11.9. The minimum Gasteiger partial charge on any atom is -0.461 e. The summed E-state index contributed by atoms with van der Waals surface area (Å²) in [7, 11) is -4.43. The predicted molar refractivity (Wildman–Crippen MR) is 68.8 cm³/mol. The molecule has 0 aromatic carbocycles. The van der Waals surface area contributed by atoms with Crippen LogP contribution in [0.3, 0.4) is 0 Å². The van der Waals surface area contributed by atoms with Gasteiger partial charge in [-0.1, -0.05) is 26.2 Å². The molecular formula is C12H20O6S. The molecule has 0 spiro atoms. The van der Waals surface area contributed by atoms with Crippen molar-refractivity contribution in [2.75, 3.05) is 6.61 Å². The van der Waals surface area contributed by atoms with Gasteiger partial charge in [-0.2, -0.15) is 8.42 Å². The van der Waals surface area contributed by atoms with Gasteiger partial charge in [0, 0.05) is 6.61 Å². The first-order valence-corrected chi connectivity index (χ1v) is 7.65. The van der Waals surface area contributed by atoms with E-state index in [0.717, 1.165) is 12.8 Å². The highest BCUT2D eigenvalue weighted by molar-refractivity contribution is 7.80. The Bertz CT molecular complexity index is 451. The summed E-state index contributed by atoms with van der Waals surface area (Å²) >= 11 is 0. The van der Waals surface area contributed by atoms with Crippen LogP contribution in [-0.4, -0.2) is 19.6 Å². The van der Waals surface area contributed by atoms with Crippen molar-refractivity contribution in [3.05, 3.63) is 23.7 Å². The lowest BCUT2D eigenvalue weighted by atomic mass is 10.2. The van der Waals surface area contributed by atoms with E-state index >= 15 is 0 Å². The Morgan fingerprint density at radius 1 is 1.16 bits per heavy atom. The van der Waals surface area contributed by atoms with Crippen molar-refractivity contribution in [3.8, 4) is 0 Å². The molecule has 0 atom stereocenters. The van der Waals surface area contributed by atoms with E-state index in [1.807, 2.05) is 0 Å². The van der Waals surface area contributed by atoms with Crippen LogP contribution in [-0.2, 0) is 32.5 Å². The van der Waals surface area contributed by atoms with Gasteiger partial charge in [0.15, 0.2) is 0 Å². The number of hydrogen-bond donors (Lipinski definition) is 1. The highest BCUT2D eigenvalue weighted by atomic mass is 32.3. The number of unbranched alkanes of at least 4 members (excludes halogenated alkanes) is 3. The molecule has 0 aliphatic heterocycles. The maximum absolute atomic E-state index is 10.4. The minimum atomic E-state index is -4.43. The molecule has 1 heterocycles. The molecule has 0 amide bonds. The molecule has 1 aromatic rings. The smallest absolute Gasteiger partial charge is 0.397 e. The first-order valence-electron chi connectivity index (χ1n) is 6.28. The zero-order valence-corrected chi connectivity index (χ0v) is 11.8. The molecule has 0 bridgehead atoms. The van der Waals surface area contributed by atoms with Crippen molar-refractivity contribution in [1.29, 1.82) is 0 Å². The van der Waals surface area contributed by atoms with E-state index in [1.54, 1.807) is 12.1 Å². The molecular weight excluding hydrogens is 272 g/mol. The maximum Gasteiger partial charge on any atom is 0.397 e. The van der Waals surface area contributed by atoms with Crippen molar-refractivity contribution in [3.63, 3.8) is 0 Å². The van der Waals surface area contributed by atoms with E-state index < -0.39 is 10.4 Å². The fourth-order valence-corrected chi connectivity index (χ4v) is 1.78. The van der Waals surface area contributed by atoms with Gasteiger partial charge >= 0.3 is 10.4 Å². The zero-order chi connectivity index (χ0) is 14.1. The summed E-state index contributed by atoms with van der Waals surface area (Å²) in [5.41, 5.74) is 0. The lowest BCUT2D eigenvalue weighted by molar-refractivity contribution is 0.100. The molecule has 0 unspecified atom stereocenters. The van der Waals surface area contributed by atoms with Crippen LogP contribution in [0.4, 0.5) is 0 Å².